The zero-order valence-corrected chi connectivity index (χ0v) is 29.1. The third kappa shape index (κ3) is 6.97. The average molecular weight is 670 g/mol. The van der Waals surface area contributed by atoms with E-state index in [0.717, 1.165) is 12.8 Å². The molecule has 2 bridgehead atoms. The molecule has 262 valence electrons. The SMILES string of the molecule is CC(C)C(=O)[C@@H]1[C@H](C)[C@@H]2CN1C(=O)[C@H](C(C)(C)C)NC(=O)O[C@]1(C)C[C@H]1CCCCC(F)(F)c1cc3ccc(OC4CC4)cc3nc1O2. The number of halogens is 2. The lowest BCUT2D eigenvalue weighted by molar-refractivity contribution is -0.143. The maximum Gasteiger partial charge on any atom is 0.408 e. The summed E-state index contributed by atoms with van der Waals surface area (Å²) in [5.41, 5.74) is -1.31. The first-order valence-electron chi connectivity index (χ1n) is 17.5. The number of benzene rings is 1. The number of ketones is 1. The standard InChI is InChI=1S/C37H49F2N3O6/c1-20(2)30(43)29-21(3)28-19-42(29)33(44)31(35(4,5)6)41-34(45)48-36(7)18-23(36)10-8-9-15-37(38,39)26-16-22-11-12-25(46-24-13-14-24)17-27(22)40-32(26)47-28/h11-12,16-17,20-21,23-24,28-29,31H,8-10,13-15,18-19H2,1-7H3,(H,41,45)/t21-,23-,28+,29+,31-,36-/m1/s1. The van der Waals surface area contributed by atoms with Crippen LogP contribution < -0.4 is 14.8 Å². The summed E-state index contributed by atoms with van der Waals surface area (Å²) in [5, 5.41) is 3.36. The topological polar surface area (TPSA) is 107 Å². The first-order chi connectivity index (χ1) is 22.5. The van der Waals surface area contributed by atoms with Gasteiger partial charge in [0.1, 0.15) is 23.5 Å². The van der Waals surface area contributed by atoms with Crippen LogP contribution in [0.25, 0.3) is 10.9 Å². The highest BCUT2D eigenvalue weighted by atomic mass is 19.3. The molecule has 6 rings (SSSR count). The summed E-state index contributed by atoms with van der Waals surface area (Å²) in [6, 6.07) is 4.81. The Labute approximate surface area is 281 Å². The third-order valence-electron chi connectivity index (χ3n) is 10.5. The summed E-state index contributed by atoms with van der Waals surface area (Å²) in [6.07, 6.45) is 2.24. The highest BCUT2D eigenvalue weighted by molar-refractivity contribution is 5.94. The molecule has 2 aliphatic heterocycles. The molecule has 11 heteroatoms. The molecule has 0 unspecified atom stereocenters. The fourth-order valence-corrected chi connectivity index (χ4v) is 7.17. The summed E-state index contributed by atoms with van der Waals surface area (Å²) < 4.78 is 50.6. The van der Waals surface area contributed by atoms with Crippen LogP contribution in [0.2, 0.25) is 0 Å². The fraction of sp³-hybridized carbons (Fsp3) is 0.676. The number of hydrogen-bond donors (Lipinski definition) is 1. The van der Waals surface area contributed by atoms with Crippen molar-refractivity contribution in [2.45, 2.75) is 129 Å². The molecule has 3 fully saturated rings. The van der Waals surface area contributed by atoms with E-state index in [1.165, 1.54) is 11.0 Å². The third-order valence-corrected chi connectivity index (χ3v) is 10.5. The summed E-state index contributed by atoms with van der Waals surface area (Å²) >= 11 is 0. The quantitative estimate of drug-likeness (QED) is 0.368. The number of amides is 2. The van der Waals surface area contributed by atoms with Crippen LogP contribution in [-0.2, 0) is 20.2 Å². The van der Waals surface area contributed by atoms with E-state index in [4.69, 9.17) is 14.2 Å². The highest BCUT2D eigenvalue weighted by Gasteiger charge is 2.55. The number of carbonyl (C=O) groups is 3. The van der Waals surface area contributed by atoms with Gasteiger partial charge in [-0.05, 0) is 62.6 Å². The molecule has 1 aromatic heterocycles. The monoisotopic (exact) mass is 669 g/mol. The van der Waals surface area contributed by atoms with E-state index in [-0.39, 0.29) is 42.2 Å². The number of Topliss-reactive ketones (excluding diaryl/α,β-unsaturated/α-hetero) is 1. The number of carbonyl (C=O) groups excluding carboxylic acids is 3. The van der Waals surface area contributed by atoms with Gasteiger partial charge in [-0.2, -0.15) is 0 Å². The minimum atomic E-state index is -3.25. The summed E-state index contributed by atoms with van der Waals surface area (Å²) in [6.45, 7) is 12.6. The van der Waals surface area contributed by atoms with E-state index in [0.29, 0.717) is 35.9 Å². The number of nitrogens with one attached hydrogen (secondary N) is 1. The molecule has 0 radical (unpaired) electrons. The van der Waals surface area contributed by atoms with E-state index in [1.807, 2.05) is 27.7 Å². The van der Waals surface area contributed by atoms with Crippen molar-refractivity contribution < 1.29 is 37.4 Å². The number of pyridine rings is 1. The van der Waals surface area contributed by atoms with E-state index < -0.39 is 65.4 Å². The van der Waals surface area contributed by atoms with Crippen molar-refractivity contribution in [1.29, 1.82) is 0 Å². The van der Waals surface area contributed by atoms with Crippen molar-refractivity contribution in [3.05, 3.63) is 29.8 Å². The number of fused-ring (bicyclic) bond motifs is 5. The molecule has 4 aliphatic rings. The largest absolute Gasteiger partial charge is 0.490 e. The van der Waals surface area contributed by atoms with Crippen LogP contribution in [0, 0.1) is 23.2 Å². The molecule has 2 aromatic rings. The second-order valence-electron chi connectivity index (χ2n) is 16.0. The Morgan fingerprint density at radius 2 is 1.85 bits per heavy atom. The van der Waals surface area contributed by atoms with Gasteiger partial charge in [0.05, 0.1) is 29.8 Å². The molecule has 6 atom stereocenters. The second-order valence-corrected chi connectivity index (χ2v) is 16.0. The van der Waals surface area contributed by atoms with Gasteiger partial charge in [-0.15, -0.1) is 0 Å². The summed E-state index contributed by atoms with van der Waals surface area (Å²) in [4.78, 5) is 47.4. The Hall–Kier alpha value is -3.50. The van der Waals surface area contributed by atoms with Gasteiger partial charge in [-0.3, -0.25) is 9.59 Å². The lowest BCUT2D eigenvalue weighted by atomic mass is 9.85. The molecule has 2 saturated carbocycles. The Morgan fingerprint density at radius 1 is 1.12 bits per heavy atom. The molecule has 1 aromatic carbocycles. The summed E-state index contributed by atoms with van der Waals surface area (Å²) in [7, 11) is 0. The zero-order chi connectivity index (χ0) is 34.8. The van der Waals surface area contributed by atoms with E-state index >= 15 is 8.78 Å². The molecule has 0 spiro atoms. The van der Waals surface area contributed by atoms with Crippen LogP contribution in [0.3, 0.4) is 0 Å². The number of rotatable bonds is 4. The average Bonchev–Trinajstić information content (AvgIpc) is 3.90. The first-order valence-corrected chi connectivity index (χ1v) is 17.5. The van der Waals surface area contributed by atoms with Gasteiger partial charge < -0.3 is 24.4 Å². The fourth-order valence-electron chi connectivity index (χ4n) is 7.17. The van der Waals surface area contributed by atoms with Crippen LogP contribution >= 0.6 is 0 Å². The predicted octanol–water partition coefficient (Wildman–Crippen LogP) is 7.18. The van der Waals surface area contributed by atoms with E-state index in [9.17, 15) is 14.4 Å². The van der Waals surface area contributed by atoms with Gasteiger partial charge in [-0.1, -0.05) is 48.0 Å². The second kappa shape index (κ2) is 12.4. The van der Waals surface area contributed by atoms with E-state index in [2.05, 4.69) is 10.3 Å². The van der Waals surface area contributed by atoms with Gasteiger partial charge in [0.25, 0.3) is 5.92 Å². The van der Waals surface area contributed by atoms with Gasteiger partial charge in [-0.25, -0.2) is 18.6 Å². The zero-order valence-electron chi connectivity index (χ0n) is 29.1. The van der Waals surface area contributed by atoms with Crippen LogP contribution in [-0.4, -0.2) is 64.1 Å². The smallest absolute Gasteiger partial charge is 0.408 e. The Bertz CT molecular complexity index is 1590. The molecular weight excluding hydrogens is 620 g/mol. The van der Waals surface area contributed by atoms with Crippen LogP contribution in [0.1, 0.15) is 99.0 Å². The number of aromatic nitrogens is 1. The van der Waals surface area contributed by atoms with Crippen molar-refractivity contribution >= 4 is 28.7 Å². The van der Waals surface area contributed by atoms with Crippen molar-refractivity contribution in [1.82, 2.24) is 15.2 Å². The van der Waals surface area contributed by atoms with Crippen LogP contribution in [0.5, 0.6) is 11.6 Å². The van der Waals surface area contributed by atoms with Gasteiger partial charge in [0.15, 0.2) is 5.78 Å². The predicted molar refractivity (Wildman–Crippen MR) is 176 cm³/mol. The molecule has 2 amide bonds. The Balaban J connectivity index is 1.42. The maximum atomic E-state index is 16.2. The van der Waals surface area contributed by atoms with Crippen LogP contribution in [0.4, 0.5) is 13.6 Å². The number of alkyl halides is 2. The van der Waals surface area contributed by atoms with Gasteiger partial charge in [0.2, 0.25) is 11.8 Å². The minimum absolute atomic E-state index is 0.0399. The number of ether oxygens (including phenoxy) is 3. The Kier molecular flexibility index (Phi) is 8.90. The van der Waals surface area contributed by atoms with Crippen molar-refractivity contribution in [3.8, 4) is 11.6 Å². The first kappa shape index (κ1) is 34.4. The van der Waals surface area contributed by atoms with Gasteiger partial charge >= 0.3 is 6.09 Å². The van der Waals surface area contributed by atoms with Crippen molar-refractivity contribution in [2.75, 3.05) is 6.54 Å². The molecule has 3 heterocycles. The lowest BCUT2D eigenvalue weighted by Gasteiger charge is -2.36. The number of alkyl carbamates (subject to hydrolysis) is 1. The Morgan fingerprint density at radius 3 is 2.52 bits per heavy atom. The number of nitrogens with zero attached hydrogens (tertiary/aromatic N) is 2. The lowest BCUT2D eigenvalue weighted by Crippen LogP contribution is -2.57. The maximum absolute atomic E-state index is 16.2. The molecular formula is C37H49F2N3O6. The minimum Gasteiger partial charge on any atom is -0.490 e. The number of hydrogen-bond acceptors (Lipinski definition) is 7. The van der Waals surface area contributed by atoms with E-state index in [1.54, 1.807) is 39.0 Å². The molecule has 2 aliphatic carbocycles. The molecule has 1 saturated heterocycles. The van der Waals surface area contributed by atoms with Crippen LogP contribution in [0.15, 0.2) is 24.3 Å². The molecule has 1 N–H and O–H groups in total. The van der Waals surface area contributed by atoms with Crippen molar-refractivity contribution in [3.63, 3.8) is 0 Å². The van der Waals surface area contributed by atoms with Crippen molar-refractivity contribution in [2.24, 2.45) is 23.2 Å². The highest BCUT2D eigenvalue weighted by Crippen LogP contribution is 2.50. The summed E-state index contributed by atoms with van der Waals surface area (Å²) in [5.74, 6) is -4.38. The molecule has 48 heavy (non-hydrogen) atoms. The molecule has 9 nitrogen and oxygen atoms in total. The normalized spacial score (nSPS) is 31.1. The van der Waals surface area contributed by atoms with Gasteiger partial charge in [0, 0.05) is 35.6 Å².